The van der Waals surface area contributed by atoms with Gasteiger partial charge < -0.3 is 18.9 Å². The van der Waals surface area contributed by atoms with E-state index >= 15 is 0 Å². The molecule has 0 spiro atoms. The molecular formula is C52H52O4. The molecule has 0 bridgehead atoms. The van der Waals surface area contributed by atoms with Crippen molar-refractivity contribution in [2.45, 2.75) is 52.4 Å². The predicted octanol–water partition coefficient (Wildman–Crippen LogP) is 12.7. The summed E-state index contributed by atoms with van der Waals surface area (Å²) in [7, 11) is 0. The van der Waals surface area contributed by atoms with Gasteiger partial charge in [0.2, 0.25) is 0 Å². The fourth-order valence-corrected chi connectivity index (χ4v) is 7.78. The second-order valence-corrected chi connectivity index (χ2v) is 14.9. The van der Waals surface area contributed by atoms with Crippen LogP contribution in [0, 0.1) is 0 Å². The smallest absolute Gasteiger partial charge is 0.127 e. The highest BCUT2D eigenvalue weighted by atomic mass is 16.5. The summed E-state index contributed by atoms with van der Waals surface area (Å²) in [6, 6.07) is 52.7. The van der Waals surface area contributed by atoms with E-state index in [0.717, 1.165) is 64.2 Å². The Morgan fingerprint density at radius 1 is 0.482 bits per heavy atom. The predicted molar refractivity (Wildman–Crippen MR) is 229 cm³/mol. The van der Waals surface area contributed by atoms with Crippen molar-refractivity contribution in [2.24, 2.45) is 0 Å². The minimum Gasteiger partial charge on any atom is -0.501 e. The Morgan fingerprint density at radius 2 is 0.893 bits per heavy atom. The van der Waals surface area contributed by atoms with Gasteiger partial charge in [0.15, 0.2) is 0 Å². The average Bonchev–Trinajstić information content (AvgIpc) is 3.23. The average molecular weight is 741 g/mol. The van der Waals surface area contributed by atoms with Crippen LogP contribution in [0.5, 0.6) is 11.5 Å². The van der Waals surface area contributed by atoms with Crippen LogP contribution in [0.3, 0.4) is 0 Å². The van der Waals surface area contributed by atoms with Gasteiger partial charge in [0.1, 0.15) is 11.5 Å². The zero-order valence-corrected chi connectivity index (χ0v) is 33.1. The fourth-order valence-electron chi connectivity index (χ4n) is 7.78. The molecular weight excluding hydrogens is 689 g/mol. The van der Waals surface area contributed by atoms with Crippen molar-refractivity contribution in [3.8, 4) is 33.8 Å². The maximum atomic E-state index is 6.56. The molecule has 284 valence electrons. The minimum atomic E-state index is -0.633. The zero-order chi connectivity index (χ0) is 38.7. The van der Waals surface area contributed by atoms with E-state index in [-0.39, 0.29) is 0 Å². The van der Waals surface area contributed by atoms with Crippen LogP contribution >= 0.6 is 0 Å². The van der Waals surface area contributed by atoms with Crippen LogP contribution in [0.4, 0.5) is 0 Å². The second-order valence-electron chi connectivity index (χ2n) is 14.9. The summed E-state index contributed by atoms with van der Waals surface area (Å²) in [6.07, 6.45) is 6.06. The standard InChI is InChI=1S/C52H52O4/c1-38(2)36-53-29-15-31-55-50-27-25-44(34-46(50)40-17-7-5-8-18-40)52(48-23-13-11-21-42(48)33-43-22-12-14-24-49(43)52)45-26-28-51(56-32-16-30-54-37-39(3)4)47(35-45)41-19-9-6-10-20-41/h5-14,17-28,34-37H,15-16,29-33H2,1-4H3. The van der Waals surface area contributed by atoms with Gasteiger partial charge in [0, 0.05) is 24.0 Å². The van der Waals surface area contributed by atoms with E-state index in [1.807, 2.05) is 40.2 Å². The fraction of sp³-hybridized carbons (Fsp3) is 0.231. The largest absolute Gasteiger partial charge is 0.501 e. The summed E-state index contributed by atoms with van der Waals surface area (Å²) in [5.41, 5.74) is 13.6. The third kappa shape index (κ3) is 8.45. The number of allylic oxidation sites excluding steroid dienone is 2. The number of fused-ring (bicyclic) bond motifs is 2. The van der Waals surface area contributed by atoms with Crippen LogP contribution in [0.15, 0.2) is 169 Å². The van der Waals surface area contributed by atoms with Crippen molar-refractivity contribution in [2.75, 3.05) is 26.4 Å². The first-order chi connectivity index (χ1) is 27.4. The Kier molecular flexibility index (Phi) is 12.4. The van der Waals surface area contributed by atoms with Crippen LogP contribution in [0.2, 0.25) is 0 Å². The number of hydrogen-bond acceptors (Lipinski definition) is 4. The van der Waals surface area contributed by atoms with Crippen molar-refractivity contribution in [1.82, 2.24) is 0 Å². The number of benzene rings is 6. The van der Waals surface area contributed by atoms with E-state index in [2.05, 4.69) is 146 Å². The molecule has 56 heavy (non-hydrogen) atoms. The Balaban J connectivity index is 1.39. The first kappa shape index (κ1) is 38.3. The van der Waals surface area contributed by atoms with Crippen molar-refractivity contribution >= 4 is 0 Å². The molecule has 0 amide bonds. The van der Waals surface area contributed by atoms with Gasteiger partial charge in [-0.3, -0.25) is 0 Å². The van der Waals surface area contributed by atoms with Crippen molar-refractivity contribution in [3.63, 3.8) is 0 Å². The maximum Gasteiger partial charge on any atom is 0.127 e. The molecule has 0 radical (unpaired) electrons. The molecule has 0 aromatic heterocycles. The van der Waals surface area contributed by atoms with Gasteiger partial charge in [-0.2, -0.15) is 0 Å². The molecule has 0 saturated carbocycles. The van der Waals surface area contributed by atoms with Crippen LogP contribution in [0.1, 0.15) is 73.9 Å². The first-order valence-corrected chi connectivity index (χ1v) is 19.8. The van der Waals surface area contributed by atoms with Gasteiger partial charge >= 0.3 is 0 Å². The minimum absolute atomic E-state index is 0.551. The van der Waals surface area contributed by atoms with Gasteiger partial charge in [0.05, 0.1) is 44.4 Å². The topological polar surface area (TPSA) is 36.9 Å². The number of ether oxygens (including phenoxy) is 4. The monoisotopic (exact) mass is 740 g/mol. The molecule has 1 aliphatic rings. The third-order valence-corrected chi connectivity index (χ3v) is 10.2. The van der Waals surface area contributed by atoms with Gasteiger partial charge in [-0.05, 0) is 114 Å². The molecule has 0 heterocycles. The van der Waals surface area contributed by atoms with E-state index < -0.39 is 5.41 Å². The number of rotatable bonds is 16. The molecule has 0 atom stereocenters. The second kappa shape index (κ2) is 18.1. The Labute approximate surface area is 333 Å². The lowest BCUT2D eigenvalue weighted by molar-refractivity contribution is 0.207. The lowest BCUT2D eigenvalue weighted by Gasteiger charge is -2.43. The SMILES string of the molecule is CC(C)=COCCCOc1ccc(C2(c3ccc(OCCCOC=C(C)C)c(-c4ccccc4)c3)c3ccccc3Cc3ccccc32)cc1-c1ccccc1. The van der Waals surface area contributed by atoms with Crippen molar-refractivity contribution in [3.05, 3.63) is 203 Å². The highest BCUT2D eigenvalue weighted by Gasteiger charge is 2.44. The Morgan fingerprint density at radius 3 is 1.32 bits per heavy atom. The van der Waals surface area contributed by atoms with E-state index in [4.69, 9.17) is 18.9 Å². The molecule has 7 rings (SSSR count). The highest BCUT2D eigenvalue weighted by molar-refractivity contribution is 5.78. The maximum absolute atomic E-state index is 6.56. The van der Waals surface area contributed by atoms with Crippen LogP contribution in [-0.2, 0) is 21.3 Å². The Bertz CT molecular complexity index is 2120. The Hall–Kier alpha value is -6.00. The van der Waals surface area contributed by atoms with Crippen LogP contribution in [0.25, 0.3) is 22.3 Å². The summed E-state index contributed by atoms with van der Waals surface area (Å²) in [5.74, 6) is 1.72. The van der Waals surface area contributed by atoms with E-state index in [9.17, 15) is 0 Å². The summed E-state index contributed by atoms with van der Waals surface area (Å²) in [5, 5.41) is 0. The van der Waals surface area contributed by atoms with Crippen LogP contribution in [-0.4, -0.2) is 26.4 Å². The molecule has 4 heteroatoms. The molecule has 6 aromatic carbocycles. The molecule has 0 fully saturated rings. The van der Waals surface area contributed by atoms with E-state index in [1.165, 1.54) is 33.4 Å². The third-order valence-electron chi connectivity index (χ3n) is 10.2. The normalized spacial score (nSPS) is 12.4. The molecule has 6 aromatic rings. The molecule has 0 N–H and O–H groups in total. The van der Waals surface area contributed by atoms with E-state index in [1.54, 1.807) is 0 Å². The summed E-state index contributed by atoms with van der Waals surface area (Å²) in [4.78, 5) is 0. The zero-order valence-electron chi connectivity index (χ0n) is 33.1. The first-order valence-electron chi connectivity index (χ1n) is 19.8. The molecule has 0 aliphatic heterocycles. The summed E-state index contributed by atoms with van der Waals surface area (Å²) >= 11 is 0. The van der Waals surface area contributed by atoms with Gasteiger partial charge in [0.25, 0.3) is 0 Å². The van der Waals surface area contributed by atoms with E-state index in [0.29, 0.717) is 26.4 Å². The van der Waals surface area contributed by atoms with Gasteiger partial charge in [-0.25, -0.2) is 0 Å². The van der Waals surface area contributed by atoms with Crippen molar-refractivity contribution < 1.29 is 18.9 Å². The molecule has 0 unspecified atom stereocenters. The quantitative estimate of drug-likeness (QED) is 0.0730. The summed E-state index contributed by atoms with van der Waals surface area (Å²) in [6.45, 7) is 10.5. The molecule has 0 saturated heterocycles. The van der Waals surface area contributed by atoms with Gasteiger partial charge in [-0.15, -0.1) is 0 Å². The molecule has 1 aliphatic carbocycles. The summed E-state index contributed by atoms with van der Waals surface area (Å²) < 4.78 is 24.5. The molecule has 4 nitrogen and oxygen atoms in total. The number of hydrogen-bond donors (Lipinski definition) is 0. The van der Waals surface area contributed by atoms with Crippen LogP contribution < -0.4 is 9.47 Å². The van der Waals surface area contributed by atoms with Gasteiger partial charge in [-0.1, -0.05) is 121 Å². The lowest BCUT2D eigenvalue weighted by atomic mass is 9.59. The lowest BCUT2D eigenvalue weighted by Crippen LogP contribution is -2.36. The van der Waals surface area contributed by atoms with Crippen molar-refractivity contribution in [1.29, 1.82) is 0 Å². The highest BCUT2D eigenvalue weighted by Crippen LogP contribution is 2.53.